The van der Waals surface area contributed by atoms with Crippen LogP contribution in [-0.4, -0.2) is 41.3 Å². The number of non-ortho nitro benzene ring substituents is 1. The van der Waals surface area contributed by atoms with Crippen molar-refractivity contribution < 1.29 is 33.8 Å². The first-order valence-electron chi connectivity index (χ1n) is 13.0. The van der Waals surface area contributed by atoms with Crippen LogP contribution in [0.4, 0.5) is 5.69 Å². The first-order valence-corrected chi connectivity index (χ1v) is 13.0. The van der Waals surface area contributed by atoms with E-state index in [0.29, 0.717) is 11.4 Å². The molecule has 1 saturated heterocycles. The monoisotopic (exact) mass is 556 g/mol. The summed E-state index contributed by atoms with van der Waals surface area (Å²) in [5.74, 6) is -4.30. The molecular weight excluding hydrogens is 528 g/mol. The van der Waals surface area contributed by atoms with Crippen molar-refractivity contribution in [2.24, 2.45) is 0 Å². The maximum atomic E-state index is 13.6. The van der Waals surface area contributed by atoms with Gasteiger partial charge in [-0.25, -0.2) is 9.59 Å². The molecule has 0 amide bonds. The average Bonchev–Trinajstić information content (AvgIpc) is 3.42. The van der Waals surface area contributed by atoms with Gasteiger partial charge >= 0.3 is 11.9 Å². The highest BCUT2D eigenvalue weighted by atomic mass is 16.8. The van der Waals surface area contributed by atoms with E-state index in [1.165, 1.54) is 18.2 Å². The standard InChI is InChI=1S/C31H28N2O8/c1-19-26(29(34)35)28(21-10-9-15-24(16-21)33(37)38)27(20(2)32-19)30(36)39-17-25-18-40-31(41-25,22-11-5-3-6-12-22)23-13-7-4-8-14-23/h3-16,25,28,32H,17-18H2,1-2H3,(H,34,35). The van der Waals surface area contributed by atoms with Crippen LogP contribution in [0.5, 0.6) is 0 Å². The number of carboxylic acid groups (broad SMARTS) is 1. The summed E-state index contributed by atoms with van der Waals surface area (Å²) in [4.78, 5) is 36.8. The zero-order chi connectivity index (χ0) is 29.1. The van der Waals surface area contributed by atoms with Crippen molar-refractivity contribution in [1.29, 1.82) is 0 Å². The van der Waals surface area contributed by atoms with Gasteiger partial charge in [0.1, 0.15) is 12.7 Å². The number of rotatable bonds is 8. The van der Waals surface area contributed by atoms with Gasteiger partial charge in [0.15, 0.2) is 0 Å². The molecule has 210 valence electrons. The molecule has 0 radical (unpaired) electrons. The van der Waals surface area contributed by atoms with Gasteiger partial charge in [-0.2, -0.15) is 0 Å². The summed E-state index contributed by atoms with van der Waals surface area (Å²) in [6, 6.07) is 24.5. The molecule has 1 fully saturated rings. The van der Waals surface area contributed by atoms with Gasteiger partial charge in [0.25, 0.3) is 5.69 Å². The number of carbonyl (C=O) groups excluding carboxylic acids is 1. The van der Waals surface area contributed by atoms with Crippen molar-refractivity contribution in [2.75, 3.05) is 13.2 Å². The normalized spacial score (nSPS) is 20.0. The molecule has 0 aromatic heterocycles. The van der Waals surface area contributed by atoms with E-state index in [9.17, 15) is 24.8 Å². The number of ether oxygens (including phenoxy) is 3. The zero-order valence-electron chi connectivity index (χ0n) is 22.4. The minimum absolute atomic E-state index is 0.0461. The van der Waals surface area contributed by atoms with Crippen LogP contribution < -0.4 is 5.32 Å². The van der Waals surface area contributed by atoms with Crippen LogP contribution >= 0.6 is 0 Å². The number of allylic oxidation sites excluding steroid dienone is 2. The minimum atomic E-state index is -1.26. The van der Waals surface area contributed by atoms with E-state index >= 15 is 0 Å². The molecule has 2 N–H and O–H groups in total. The number of nitro groups is 1. The Morgan fingerprint density at radius 1 is 0.976 bits per heavy atom. The topological polar surface area (TPSA) is 137 Å². The Hall–Kier alpha value is -4.80. The van der Waals surface area contributed by atoms with E-state index in [0.717, 1.165) is 11.1 Å². The van der Waals surface area contributed by atoms with Gasteiger partial charge in [-0.15, -0.1) is 0 Å². The van der Waals surface area contributed by atoms with Crippen LogP contribution in [0.3, 0.4) is 0 Å². The molecule has 2 atom stereocenters. The van der Waals surface area contributed by atoms with Gasteiger partial charge in [-0.05, 0) is 19.4 Å². The Labute approximate surface area is 236 Å². The minimum Gasteiger partial charge on any atom is -0.478 e. The lowest BCUT2D eigenvalue weighted by Crippen LogP contribution is -2.33. The maximum absolute atomic E-state index is 13.6. The Morgan fingerprint density at radius 3 is 2.17 bits per heavy atom. The van der Waals surface area contributed by atoms with Crippen molar-refractivity contribution in [3.8, 4) is 0 Å². The number of nitrogens with one attached hydrogen (secondary N) is 1. The lowest BCUT2D eigenvalue weighted by molar-refractivity contribution is -0.384. The summed E-state index contributed by atoms with van der Waals surface area (Å²) < 4.78 is 18.3. The molecule has 10 heteroatoms. The maximum Gasteiger partial charge on any atom is 0.336 e. The number of nitrogens with zero attached hydrogens (tertiary/aromatic N) is 1. The first-order chi connectivity index (χ1) is 19.7. The number of esters is 1. The fourth-order valence-electron chi connectivity index (χ4n) is 5.33. The van der Waals surface area contributed by atoms with Crippen LogP contribution in [0.2, 0.25) is 0 Å². The van der Waals surface area contributed by atoms with Gasteiger partial charge in [0.2, 0.25) is 5.79 Å². The number of hydrogen-bond acceptors (Lipinski definition) is 8. The number of benzene rings is 3. The summed E-state index contributed by atoms with van der Waals surface area (Å²) in [6.07, 6.45) is -0.621. The number of dihydropyridines is 1. The largest absolute Gasteiger partial charge is 0.478 e. The summed E-state index contributed by atoms with van der Waals surface area (Å²) in [5, 5.41) is 24.4. The number of carboxylic acids is 1. The summed E-state index contributed by atoms with van der Waals surface area (Å²) in [7, 11) is 0. The molecule has 41 heavy (non-hydrogen) atoms. The van der Waals surface area contributed by atoms with Crippen LogP contribution in [0.15, 0.2) is 107 Å². The first kappa shape index (κ1) is 27.8. The molecule has 3 aromatic carbocycles. The fourth-order valence-corrected chi connectivity index (χ4v) is 5.33. The second-order valence-electron chi connectivity index (χ2n) is 9.79. The third-order valence-corrected chi connectivity index (χ3v) is 7.14. The van der Waals surface area contributed by atoms with Crippen molar-refractivity contribution in [3.05, 3.63) is 134 Å². The van der Waals surface area contributed by atoms with Crippen LogP contribution in [-0.2, 0) is 29.6 Å². The number of hydrogen-bond donors (Lipinski definition) is 2. The number of aliphatic carboxylic acids is 1. The van der Waals surface area contributed by atoms with E-state index < -0.39 is 34.7 Å². The molecule has 0 aliphatic carbocycles. The quantitative estimate of drug-likeness (QED) is 0.228. The zero-order valence-corrected chi connectivity index (χ0v) is 22.4. The van der Waals surface area contributed by atoms with Crippen molar-refractivity contribution >= 4 is 17.6 Å². The Bertz CT molecular complexity index is 1510. The Morgan fingerprint density at radius 2 is 1.59 bits per heavy atom. The highest BCUT2D eigenvalue weighted by molar-refractivity contribution is 5.99. The molecule has 2 aliphatic heterocycles. The van der Waals surface area contributed by atoms with E-state index in [2.05, 4.69) is 5.32 Å². The number of nitro benzene ring substituents is 1. The van der Waals surface area contributed by atoms with Crippen LogP contribution in [0, 0.1) is 10.1 Å². The van der Waals surface area contributed by atoms with Gasteiger partial charge in [-0.1, -0.05) is 72.8 Å². The van der Waals surface area contributed by atoms with Gasteiger partial charge in [-0.3, -0.25) is 10.1 Å². The van der Waals surface area contributed by atoms with Gasteiger partial charge < -0.3 is 24.6 Å². The Kier molecular flexibility index (Phi) is 7.69. The lowest BCUT2D eigenvalue weighted by Gasteiger charge is -2.30. The molecule has 0 bridgehead atoms. The predicted octanol–water partition coefficient (Wildman–Crippen LogP) is 4.77. The second kappa shape index (κ2) is 11.4. The van der Waals surface area contributed by atoms with Crippen LogP contribution in [0.1, 0.15) is 36.5 Å². The fraction of sp³-hybridized carbons (Fsp3) is 0.226. The number of carbonyl (C=O) groups is 2. The molecular formula is C31H28N2O8. The SMILES string of the molecule is CC1=C(C(=O)O)C(c2cccc([N+](=O)[O-])c2)C(C(=O)OCC2COC(c3ccccc3)(c3ccccc3)O2)=C(C)N1. The highest BCUT2D eigenvalue weighted by Gasteiger charge is 2.45. The predicted molar refractivity (Wildman–Crippen MR) is 147 cm³/mol. The van der Waals surface area contributed by atoms with E-state index in [1.54, 1.807) is 19.9 Å². The van der Waals surface area contributed by atoms with Gasteiger partial charge in [0, 0.05) is 34.7 Å². The second-order valence-corrected chi connectivity index (χ2v) is 9.79. The third kappa shape index (κ3) is 5.34. The van der Waals surface area contributed by atoms with Crippen molar-refractivity contribution in [2.45, 2.75) is 31.7 Å². The molecule has 2 heterocycles. The molecule has 5 rings (SSSR count). The smallest absolute Gasteiger partial charge is 0.336 e. The van der Waals surface area contributed by atoms with Gasteiger partial charge in [0.05, 0.1) is 28.6 Å². The van der Waals surface area contributed by atoms with E-state index in [-0.39, 0.29) is 35.6 Å². The van der Waals surface area contributed by atoms with E-state index in [4.69, 9.17) is 14.2 Å². The van der Waals surface area contributed by atoms with Crippen molar-refractivity contribution in [1.82, 2.24) is 5.32 Å². The lowest BCUT2D eigenvalue weighted by atomic mass is 9.80. The van der Waals surface area contributed by atoms with Crippen molar-refractivity contribution in [3.63, 3.8) is 0 Å². The highest BCUT2D eigenvalue weighted by Crippen LogP contribution is 2.42. The Balaban J connectivity index is 1.41. The molecule has 10 nitrogen and oxygen atoms in total. The molecule has 0 saturated carbocycles. The summed E-state index contributed by atoms with van der Waals surface area (Å²) >= 11 is 0. The summed E-state index contributed by atoms with van der Waals surface area (Å²) in [6.45, 7) is 3.19. The molecule has 3 aromatic rings. The molecule has 0 spiro atoms. The molecule has 2 unspecified atom stereocenters. The molecule has 2 aliphatic rings. The average molecular weight is 557 g/mol. The third-order valence-electron chi connectivity index (χ3n) is 7.14. The summed E-state index contributed by atoms with van der Waals surface area (Å²) in [5.41, 5.74) is 2.30. The van der Waals surface area contributed by atoms with E-state index in [1.807, 2.05) is 60.7 Å². The van der Waals surface area contributed by atoms with Crippen LogP contribution in [0.25, 0.3) is 0 Å².